The van der Waals surface area contributed by atoms with Crippen LogP contribution in [0, 0.1) is 6.92 Å². The molecule has 0 fully saturated rings. The quantitative estimate of drug-likeness (QED) is 0.686. The lowest BCUT2D eigenvalue weighted by Gasteiger charge is -2.19. The van der Waals surface area contributed by atoms with Crippen molar-refractivity contribution in [3.05, 3.63) is 35.1 Å². The maximum Gasteiger partial charge on any atom is 0.194 e. The molecule has 0 N–H and O–H groups in total. The van der Waals surface area contributed by atoms with E-state index in [9.17, 15) is 4.79 Å². The van der Waals surface area contributed by atoms with Crippen molar-refractivity contribution < 1.29 is 9.21 Å². The van der Waals surface area contributed by atoms with Crippen molar-refractivity contribution in [2.45, 2.75) is 40.0 Å². The Balaban J connectivity index is 2.81. The fourth-order valence-electron chi connectivity index (χ4n) is 2.02. The summed E-state index contributed by atoms with van der Waals surface area (Å²) in [5.41, 5.74) is 3.15. The molecular formula is C15H18O2. The van der Waals surface area contributed by atoms with Crippen LogP contribution in [0.5, 0.6) is 0 Å². The van der Waals surface area contributed by atoms with Gasteiger partial charge in [0.2, 0.25) is 0 Å². The number of rotatable bonds is 1. The Morgan fingerprint density at radius 2 is 1.88 bits per heavy atom. The van der Waals surface area contributed by atoms with Gasteiger partial charge in [-0.2, -0.15) is 0 Å². The first-order valence-electron chi connectivity index (χ1n) is 5.85. The van der Waals surface area contributed by atoms with E-state index in [0.717, 1.165) is 22.1 Å². The van der Waals surface area contributed by atoms with Crippen molar-refractivity contribution >= 4 is 16.8 Å². The minimum atomic E-state index is -0.0274. The largest absolute Gasteiger partial charge is 0.453 e. The van der Waals surface area contributed by atoms with Crippen LogP contribution < -0.4 is 0 Å². The van der Waals surface area contributed by atoms with E-state index >= 15 is 0 Å². The highest BCUT2D eigenvalue weighted by Gasteiger charge is 2.21. The van der Waals surface area contributed by atoms with E-state index in [0.29, 0.717) is 5.76 Å². The Labute approximate surface area is 102 Å². The smallest absolute Gasteiger partial charge is 0.194 e. The number of hydrogen-bond acceptors (Lipinski definition) is 2. The van der Waals surface area contributed by atoms with Crippen LogP contribution in [-0.4, -0.2) is 5.78 Å². The summed E-state index contributed by atoms with van der Waals surface area (Å²) in [5, 5.41) is 1.04. The first kappa shape index (κ1) is 11.9. The van der Waals surface area contributed by atoms with Crippen LogP contribution in [0.25, 0.3) is 11.0 Å². The van der Waals surface area contributed by atoms with E-state index in [-0.39, 0.29) is 11.2 Å². The van der Waals surface area contributed by atoms with Crippen molar-refractivity contribution in [1.82, 2.24) is 0 Å². The number of carbonyl (C=O) groups is 1. The number of Topliss-reactive ketones (excluding diaryl/α,β-unsaturated/α-hetero) is 1. The first-order chi connectivity index (χ1) is 7.80. The van der Waals surface area contributed by atoms with Gasteiger partial charge in [-0.05, 0) is 24.0 Å². The van der Waals surface area contributed by atoms with Crippen LogP contribution in [0.4, 0.5) is 0 Å². The molecule has 0 aliphatic heterocycles. The van der Waals surface area contributed by atoms with E-state index in [1.54, 1.807) is 0 Å². The van der Waals surface area contributed by atoms with Gasteiger partial charge in [-0.15, -0.1) is 0 Å². The van der Waals surface area contributed by atoms with Crippen molar-refractivity contribution in [2.24, 2.45) is 0 Å². The lowest BCUT2D eigenvalue weighted by molar-refractivity contribution is 0.0989. The number of carbonyl (C=O) groups excluding carboxylic acids is 1. The molecule has 90 valence electrons. The van der Waals surface area contributed by atoms with Crippen molar-refractivity contribution in [3.63, 3.8) is 0 Å². The Morgan fingerprint density at radius 1 is 1.24 bits per heavy atom. The van der Waals surface area contributed by atoms with Crippen LogP contribution in [0.1, 0.15) is 49.4 Å². The standard InChI is InChI=1S/C15H18O2/c1-9-6-7-12(15(3,4)5)14-11(9)8-13(17-14)10(2)16/h6-8H,1-5H3. The van der Waals surface area contributed by atoms with Crippen molar-refractivity contribution in [1.29, 1.82) is 0 Å². The predicted octanol–water partition coefficient (Wildman–Crippen LogP) is 4.24. The average Bonchev–Trinajstić information content (AvgIpc) is 2.61. The third-order valence-corrected chi connectivity index (χ3v) is 3.06. The molecule has 0 radical (unpaired) electrons. The zero-order valence-electron chi connectivity index (χ0n) is 11.0. The molecule has 0 aliphatic rings. The van der Waals surface area contributed by atoms with E-state index in [1.165, 1.54) is 6.92 Å². The summed E-state index contributed by atoms with van der Waals surface area (Å²) in [7, 11) is 0. The fourth-order valence-corrected chi connectivity index (χ4v) is 2.02. The minimum absolute atomic E-state index is 0.0118. The minimum Gasteiger partial charge on any atom is -0.453 e. The first-order valence-corrected chi connectivity index (χ1v) is 5.85. The second-order valence-corrected chi connectivity index (χ2v) is 5.59. The third-order valence-electron chi connectivity index (χ3n) is 3.06. The monoisotopic (exact) mass is 230 g/mol. The molecule has 2 heteroatoms. The zero-order chi connectivity index (χ0) is 12.8. The molecule has 2 aromatic rings. The molecule has 0 saturated heterocycles. The molecule has 0 saturated carbocycles. The summed E-state index contributed by atoms with van der Waals surface area (Å²) in [6.45, 7) is 10.0. The van der Waals surface area contributed by atoms with E-state index in [2.05, 4.69) is 32.9 Å². The maximum absolute atomic E-state index is 11.4. The summed E-state index contributed by atoms with van der Waals surface area (Å²) in [6, 6.07) is 6.02. The average molecular weight is 230 g/mol. The normalized spacial score (nSPS) is 12.1. The molecule has 0 unspecified atom stereocenters. The Kier molecular flexibility index (Phi) is 2.61. The molecule has 0 amide bonds. The number of benzene rings is 1. The van der Waals surface area contributed by atoms with E-state index in [1.807, 2.05) is 13.0 Å². The molecular weight excluding hydrogens is 212 g/mol. The molecule has 1 aromatic heterocycles. The van der Waals surface area contributed by atoms with E-state index < -0.39 is 0 Å². The summed E-state index contributed by atoms with van der Waals surface area (Å²) in [6.07, 6.45) is 0. The lowest BCUT2D eigenvalue weighted by atomic mass is 9.85. The van der Waals surface area contributed by atoms with Crippen molar-refractivity contribution in [3.8, 4) is 0 Å². The molecule has 2 rings (SSSR count). The Morgan fingerprint density at radius 3 is 2.41 bits per heavy atom. The molecule has 1 aromatic carbocycles. The van der Waals surface area contributed by atoms with Gasteiger partial charge in [0, 0.05) is 17.9 Å². The van der Waals surface area contributed by atoms with Gasteiger partial charge in [0.25, 0.3) is 0 Å². The van der Waals surface area contributed by atoms with Gasteiger partial charge >= 0.3 is 0 Å². The highest BCUT2D eigenvalue weighted by Crippen LogP contribution is 2.33. The van der Waals surface area contributed by atoms with Gasteiger partial charge in [0.05, 0.1) is 0 Å². The number of aryl methyl sites for hydroxylation is 1. The van der Waals surface area contributed by atoms with Gasteiger partial charge in [-0.1, -0.05) is 32.9 Å². The van der Waals surface area contributed by atoms with Gasteiger partial charge in [0.1, 0.15) is 5.58 Å². The number of fused-ring (bicyclic) bond motifs is 1. The molecule has 17 heavy (non-hydrogen) atoms. The number of furan rings is 1. The van der Waals surface area contributed by atoms with Crippen LogP contribution in [0.15, 0.2) is 22.6 Å². The van der Waals surface area contributed by atoms with Gasteiger partial charge in [-0.25, -0.2) is 0 Å². The van der Waals surface area contributed by atoms with Gasteiger partial charge in [0.15, 0.2) is 11.5 Å². The van der Waals surface area contributed by atoms with Crippen LogP contribution in [0.3, 0.4) is 0 Å². The SMILES string of the molecule is CC(=O)c1cc2c(C)ccc(C(C)(C)C)c2o1. The summed E-state index contributed by atoms with van der Waals surface area (Å²) < 4.78 is 5.72. The maximum atomic E-state index is 11.4. The van der Waals surface area contributed by atoms with Crippen LogP contribution in [-0.2, 0) is 5.41 Å². The summed E-state index contributed by atoms with van der Waals surface area (Å²) in [5.74, 6) is 0.417. The molecule has 0 bridgehead atoms. The van der Waals surface area contributed by atoms with Crippen LogP contribution >= 0.6 is 0 Å². The second kappa shape index (κ2) is 3.73. The van der Waals surface area contributed by atoms with E-state index in [4.69, 9.17) is 4.42 Å². The highest BCUT2D eigenvalue weighted by atomic mass is 16.3. The number of hydrogen-bond donors (Lipinski definition) is 0. The van der Waals surface area contributed by atoms with Gasteiger partial charge in [-0.3, -0.25) is 4.79 Å². The zero-order valence-corrected chi connectivity index (χ0v) is 11.0. The Hall–Kier alpha value is -1.57. The number of ketones is 1. The molecule has 1 heterocycles. The summed E-state index contributed by atoms with van der Waals surface area (Å²) in [4.78, 5) is 11.4. The third kappa shape index (κ3) is 1.99. The summed E-state index contributed by atoms with van der Waals surface area (Å²) >= 11 is 0. The molecule has 2 nitrogen and oxygen atoms in total. The lowest BCUT2D eigenvalue weighted by Crippen LogP contribution is -2.11. The Bertz CT molecular complexity index is 583. The molecule has 0 spiro atoms. The topological polar surface area (TPSA) is 30.2 Å². The molecule has 0 atom stereocenters. The van der Waals surface area contributed by atoms with Gasteiger partial charge < -0.3 is 4.42 Å². The molecule has 0 aliphatic carbocycles. The van der Waals surface area contributed by atoms with Crippen molar-refractivity contribution in [2.75, 3.05) is 0 Å². The second-order valence-electron chi connectivity index (χ2n) is 5.59. The van der Waals surface area contributed by atoms with Crippen LogP contribution in [0.2, 0.25) is 0 Å². The highest BCUT2D eigenvalue weighted by molar-refractivity contribution is 5.97. The fraction of sp³-hybridized carbons (Fsp3) is 0.400. The predicted molar refractivity (Wildman–Crippen MR) is 69.7 cm³/mol.